The van der Waals surface area contributed by atoms with Gasteiger partial charge in [-0.25, -0.2) is 0 Å². The lowest BCUT2D eigenvalue weighted by atomic mass is 9.92. The standard InChI is InChI=1S/C13H28O2/c1-4-6-7-8-9-10-11-12(14)13(3,15)5-2/h12,14-15H,4-11H2,1-3H3. The molecule has 2 unspecified atom stereocenters. The predicted octanol–water partition coefficient (Wildman–Crippen LogP) is 3.26. The van der Waals surface area contributed by atoms with E-state index in [0.717, 1.165) is 12.8 Å². The second-order valence-corrected chi connectivity index (χ2v) is 4.78. The van der Waals surface area contributed by atoms with Crippen LogP contribution in [-0.2, 0) is 0 Å². The fourth-order valence-electron chi connectivity index (χ4n) is 1.66. The summed E-state index contributed by atoms with van der Waals surface area (Å²) in [6, 6.07) is 0. The van der Waals surface area contributed by atoms with Crippen LogP contribution in [0, 0.1) is 0 Å². The summed E-state index contributed by atoms with van der Waals surface area (Å²) < 4.78 is 0. The highest BCUT2D eigenvalue weighted by atomic mass is 16.3. The van der Waals surface area contributed by atoms with Crippen LogP contribution in [0.2, 0.25) is 0 Å². The lowest BCUT2D eigenvalue weighted by Crippen LogP contribution is -2.38. The molecule has 15 heavy (non-hydrogen) atoms. The molecule has 2 N–H and O–H groups in total. The third-order valence-electron chi connectivity index (χ3n) is 3.26. The Bertz CT molecular complexity index is 143. The van der Waals surface area contributed by atoms with Gasteiger partial charge in [0.05, 0.1) is 11.7 Å². The molecule has 0 saturated heterocycles. The van der Waals surface area contributed by atoms with Crippen molar-refractivity contribution in [1.29, 1.82) is 0 Å². The summed E-state index contributed by atoms with van der Waals surface area (Å²) in [7, 11) is 0. The van der Waals surface area contributed by atoms with Gasteiger partial charge in [0.15, 0.2) is 0 Å². The van der Waals surface area contributed by atoms with Crippen LogP contribution in [0.4, 0.5) is 0 Å². The summed E-state index contributed by atoms with van der Waals surface area (Å²) in [6.45, 7) is 5.83. The summed E-state index contributed by atoms with van der Waals surface area (Å²) in [5.41, 5.74) is -0.899. The zero-order valence-electron chi connectivity index (χ0n) is 10.6. The maximum absolute atomic E-state index is 9.78. The first-order valence-electron chi connectivity index (χ1n) is 6.45. The summed E-state index contributed by atoms with van der Waals surface area (Å²) in [4.78, 5) is 0. The van der Waals surface area contributed by atoms with E-state index in [-0.39, 0.29) is 0 Å². The topological polar surface area (TPSA) is 40.5 Å². The van der Waals surface area contributed by atoms with E-state index in [1.165, 1.54) is 32.1 Å². The number of rotatable bonds is 9. The molecule has 0 radical (unpaired) electrons. The van der Waals surface area contributed by atoms with Crippen LogP contribution in [0.25, 0.3) is 0 Å². The number of aliphatic hydroxyl groups excluding tert-OH is 1. The van der Waals surface area contributed by atoms with Crippen molar-refractivity contribution in [2.75, 3.05) is 0 Å². The molecule has 0 rings (SSSR count). The van der Waals surface area contributed by atoms with Crippen molar-refractivity contribution in [3.8, 4) is 0 Å². The summed E-state index contributed by atoms with van der Waals surface area (Å²) in [5, 5.41) is 19.5. The van der Waals surface area contributed by atoms with Gasteiger partial charge in [-0.05, 0) is 19.8 Å². The highest BCUT2D eigenvalue weighted by Crippen LogP contribution is 2.19. The molecule has 0 aliphatic rings. The molecule has 0 aliphatic heterocycles. The number of hydrogen-bond acceptors (Lipinski definition) is 2. The summed E-state index contributed by atoms with van der Waals surface area (Å²) >= 11 is 0. The Balaban J connectivity index is 3.43. The minimum absolute atomic E-state index is 0.561. The van der Waals surface area contributed by atoms with E-state index >= 15 is 0 Å². The molecular formula is C13H28O2. The average molecular weight is 216 g/mol. The van der Waals surface area contributed by atoms with Gasteiger partial charge in [0.25, 0.3) is 0 Å². The fraction of sp³-hybridized carbons (Fsp3) is 1.00. The molecule has 0 heterocycles. The predicted molar refractivity (Wildman–Crippen MR) is 64.9 cm³/mol. The van der Waals surface area contributed by atoms with Gasteiger partial charge >= 0.3 is 0 Å². The average Bonchev–Trinajstić information content (AvgIpc) is 2.22. The largest absolute Gasteiger partial charge is 0.390 e. The van der Waals surface area contributed by atoms with Crippen LogP contribution >= 0.6 is 0 Å². The normalized spacial score (nSPS) is 17.4. The molecule has 2 atom stereocenters. The van der Waals surface area contributed by atoms with Crippen molar-refractivity contribution in [3.05, 3.63) is 0 Å². The first-order chi connectivity index (χ1) is 7.04. The van der Waals surface area contributed by atoms with Gasteiger partial charge in [-0.3, -0.25) is 0 Å². The van der Waals surface area contributed by atoms with E-state index in [0.29, 0.717) is 6.42 Å². The molecule has 0 aromatic heterocycles. The van der Waals surface area contributed by atoms with Crippen LogP contribution in [-0.4, -0.2) is 21.9 Å². The maximum atomic E-state index is 9.78. The molecule has 2 heteroatoms. The van der Waals surface area contributed by atoms with Crippen molar-refractivity contribution in [3.63, 3.8) is 0 Å². The Morgan fingerprint density at radius 3 is 2.07 bits per heavy atom. The molecule has 0 bridgehead atoms. The number of hydrogen-bond donors (Lipinski definition) is 2. The third-order valence-corrected chi connectivity index (χ3v) is 3.26. The van der Waals surface area contributed by atoms with Crippen LogP contribution in [0.3, 0.4) is 0 Å². The van der Waals surface area contributed by atoms with E-state index in [2.05, 4.69) is 6.92 Å². The van der Waals surface area contributed by atoms with Gasteiger partial charge in [-0.2, -0.15) is 0 Å². The molecular weight excluding hydrogens is 188 g/mol. The van der Waals surface area contributed by atoms with Gasteiger partial charge in [-0.1, -0.05) is 52.4 Å². The van der Waals surface area contributed by atoms with E-state index in [9.17, 15) is 10.2 Å². The Hall–Kier alpha value is -0.0800. The second kappa shape index (κ2) is 8.12. The lowest BCUT2D eigenvalue weighted by molar-refractivity contribution is -0.0678. The Labute approximate surface area is 94.7 Å². The van der Waals surface area contributed by atoms with Gasteiger partial charge in [0.2, 0.25) is 0 Å². The van der Waals surface area contributed by atoms with Crippen molar-refractivity contribution in [1.82, 2.24) is 0 Å². The van der Waals surface area contributed by atoms with E-state index < -0.39 is 11.7 Å². The quantitative estimate of drug-likeness (QED) is 0.581. The Morgan fingerprint density at radius 1 is 1.00 bits per heavy atom. The molecule has 0 fully saturated rings. The van der Waals surface area contributed by atoms with E-state index in [4.69, 9.17) is 0 Å². The molecule has 0 saturated carbocycles. The monoisotopic (exact) mass is 216 g/mol. The fourth-order valence-corrected chi connectivity index (χ4v) is 1.66. The maximum Gasteiger partial charge on any atom is 0.0874 e. The smallest absolute Gasteiger partial charge is 0.0874 e. The van der Waals surface area contributed by atoms with E-state index in [1.54, 1.807) is 6.92 Å². The molecule has 2 nitrogen and oxygen atoms in total. The van der Waals surface area contributed by atoms with Gasteiger partial charge < -0.3 is 10.2 Å². The SMILES string of the molecule is CCCCCCCCC(O)C(C)(O)CC. The zero-order chi connectivity index (χ0) is 11.7. The molecule has 0 aliphatic carbocycles. The van der Waals surface area contributed by atoms with Gasteiger partial charge in [0, 0.05) is 0 Å². The number of aliphatic hydroxyl groups is 2. The lowest BCUT2D eigenvalue weighted by Gasteiger charge is -2.27. The third kappa shape index (κ3) is 6.91. The van der Waals surface area contributed by atoms with Gasteiger partial charge in [0.1, 0.15) is 0 Å². The van der Waals surface area contributed by atoms with Crippen molar-refractivity contribution in [2.45, 2.75) is 83.8 Å². The minimum Gasteiger partial charge on any atom is -0.390 e. The minimum atomic E-state index is -0.899. The molecule has 0 aromatic carbocycles. The Morgan fingerprint density at radius 2 is 1.53 bits per heavy atom. The molecule has 0 amide bonds. The van der Waals surface area contributed by atoms with Crippen molar-refractivity contribution < 1.29 is 10.2 Å². The second-order valence-electron chi connectivity index (χ2n) is 4.78. The van der Waals surface area contributed by atoms with Crippen LogP contribution in [0.15, 0.2) is 0 Å². The van der Waals surface area contributed by atoms with Crippen LogP contribution < -0.4 is 0 Å². The highest BCUT2D eigenvalue weighted by molar-refractivity contribution is 4.79. The van der Waals surface area contributed by atoms with Gasteiger partial charge in [-0.15, -0.1) is 0 Å². The van der Waals surface area contributed by atoms with Crippen molar-refractivity contribution in [2.24, 2.45) is 0 Å². The summed E-state index contributed by atoms with van der Waals surface area (Å²) in [6.07, 6.45) is 8.14. The first kappa shape index (κ1) is 14.9. The van der Waals surface area contributed by atoms with E-state index in [1.807, 2.05) is 6.92 Å². The Kier molecular flexibility index (Phi) is 8.07. The first-order valence-corrected chi connectivity index (χ1v) is 6.45. The van der Waals surface area contributed by atoms with Crippen LogP contribution in [0.1, 0.15) is 72.1 Å². The molecule has 0 spiro atoms. The van der Waals surface area contributed by atoms with Crippen LogP contribution in [0.5, 0.6) is 0 Å². The number of unbranched alkanes of at least 4 members (excludes halogenated alkanes) is 5. The highest BCUT2D eigenvalue weighted by Gasteiger charge is 2.27. The zero-order valence-corrected chi connectivity index (χ0v) is 10.6. The molecule has 0 aromatic rings. The summed E-state index contributed by atoms with van der Waals surface area (Å²) in [5.74, 6) is 0. The van der Waals surface area contributed by atoms with Crippen molar-refractivity contribution >= 4 is 0 Å². The molecule has 92 valence electrons.